The van der Waals surface area contributed by atoms with Crippen LogP contribution in [0, 0.1) is 0 Å². The summed E-state index contributed by atoms with van der Waals surface area (Å²) in [5, 5.41) is 3.93. The molecule has 0 aliphatic rings. The van der Waals surface area contributed by atoms with Gasteiger partial charge in [0.05, 0.1) is 22.9 Å². The standard InChI is InChI=1S/C14H13BrN2O2S2/c1-19-10-2-4-11(5-3-10)20-9-14(18)17-16-8-12-6-7-13(15)21-12/h2-8H,9H2,1H3,(H,17,18)/b16-8+. The number of methoxy groups -OCH3 is 1. The van der Waals surface area contributed by atoms with Gasteiger partial charge in [-0.15, -0.1) is 23.1 Å². The minimum absolute atomic E-state index is 0.136. The molecule has 0 radical (unpaired) electrons. The van der Waals surface area contributed by atoms with Crippen LogP contribution in [-0.2, 0) is 4.79 Å². The second-order valence-electron chi connectivity index (χ2n) is 3.90. The fourth-order valence-electron chi connectivity index (χ4n) is 1.42. The van der Waals surface area contributed by atoms with Gasteiger partial charge in [-0.25, -0.2) is 5.43 Å². The van der Waals surface area contributed by atoms with E-state index in [-0.39, 0.29) is 5.91 Å². The largest absolute Gasteiger partial charge is 0.497 e. The lowest BCUT2D eigenvalue weighted by atomic mass is 10.3. The maximum atomic E-state index is 11.7. The van der Waals surface area contributed by atoms with Crippen LogP contribution in [0.2, 0.25) is 0 Å². The Kier molecular flexibility index (Phi) is 6.28. The highest BCUT2D eigenvalue weighted by Crippen LogP contribution is 2.21. The highest BCUT2D eigenvalue weighted by molar-refractivity contribution is 9.11. The third-order valence-corrected chi connectivity index (χ3v) is 4.97. The van der Waals surface area contributed by atoms with Crippen molar-refractivity contribution in [1.82, 2.24) is 5.43 Å². The molecular formula is C14H13BrN2O2S2. The van der Waals surface area contributed by atoms with Crippen LogP contribution < -0.4 is 10.2 Å². The molecule has 4 nitrogen and oxygen atoms in total. The number of carbonyl (C=O) groups excluding carboxylic acids is 1. The number of hydrazone groups is 1. The smallest absolute Gasteiger partial charge is 0.250 e. The molecule has 0 aliphatic heterocycles. The van der Waals surface area contributed by atoms with Gasteiger partial charge in [-0.3, -0.25) is 4.79 Å². The van der Waals surface area contributed by atoms with Gasteiger partial charge in [0.15, 0.2) is 0 Å². The average Bonchev–Trinajstić information content (AvgIpc) is 2.91. The normalized spacial score (nSPS) is 10.8. The second-order valence-corrected chi connectivity index (χ2v) is 7.44. The highest BCUT2D eigenvalue weighted by atomic mass is 79.9. The Morgan fingerprint density at radius 3 is 2.76 bits per heavy atom. The molecule has 2 rings (SSSR count). The Bertz CT molecular complexity index is 626. The van der Waals surface area contributed by atoms with Gasteiger partial charge in [-0.05, 0) is 52.3 Å². The van der Waals surface area contributed by atoms with E-state index < -0.39 is 0 Å². The number of thioether (sulfide) groups is 1. The van der Waals surface area contributed by atoms with E-state index in [1.54, 1.807) is 24.7 Å². The minimum Gasteiger partial charge on any atom is -0.497 e. The third kappa shape index (κ3) is 5.53. The van der Waals surface area contributed by atoms with Crippen molar-refractivity contribution in [2.75, 3.05) is 12.9 Å². The number of hydrogen-bond donors (Lipinski definition) is 1. The summed E-state index contributed by atoms with van der Waals surface area (Å²) >= 11 is 6.37. The quantitative estimate of drug-likeness (QED) is 0.468. The van der Waals surface area contributed by atoms with Gasteiger partial charge < -0.3 is 4.74 Å². The van der Waals surface area contributed by atoms with E-state index in [0.29, 0.717) is 5.75 Å². The first-order valence-electron chi connectivity index (χ1n) is 6.01. The summed E-state index contributed by atoms with van der Waals surface area (Å²) in [6, 6.07) is 11.4. The van der Waals surface area contributed by atoms with Crippen LogP contribution in [0.25, 0.3) is 0 Å². The van der Waals surface area contributed by atoms with Gasteiger partial charge >= 0.3 is 0 Å². The van der Waals surface area contributed by atoms with Crippen LogP contribution in [0.4, 0.5) is 0 Å². The van der Waals surface area contributed by atoms with E-state index in [4.69, 9.17) is 4.74 Å². The zero-order valence-electron chi connectivity index (χ0n) is 11.2. The van der Waals surface area contributed by atoms with Crippen molar-refractivity contribution in [3.8, 4) is 5.75 Å². The minimum atomic E-state index is -0.136. The number of amides is 1. The summed E-state index contributed by atoms with van der Waals surface area (Å²) in [5.41, 5.74) is 2.51. The number of ether oxygens (including phenoxy) is 1. The van der Waals surface area contributed by atoms with Gasteiger partial charge in [-0.2, -0.15) is 5.10 Å². The molecule has 1 N–H and O–H groups in total. The van der Waals surface area contributed by atoms with Gasteiger partial charge in [-0.1, -0.05) is 0 Å². The number of thiophene rings is 1. The van der Waals surface area contributed by atoms with Crippen molar-refractivity contribution >= 4 is 51.2 Å². The Morgan fingerprint density at radius 1 is 1.38 bits per heavy atom. The van der Waals surface area contributed by atoms with Crippen molar-refractivity contribution in [3.63, 3.8) is 0 Å². The Labute approximate surface area is 139 Å². The van der Waals surface area contributed by atoms with Crippen LogP contribution in [0.1, 0.15) is 4.88 Å². The lowest BCUT2D eigenvalue weighted by Crippen LogP contribution is -2.19. The monoisotopic (exact) mass is 384 g/mol. The number of nitrogens with zero attached hydrogens (tertiary/aromatic N) is 1. The number of carbonyl (C=O) groups is 1. The van der Waals surface area contributed by atoms with Gasteiger partial charge in [0, 0.05) is 9.77 Å². The zero-order valence-corrected chi connectivity index (χ0v) is 14.4. The molecule has 110 valence electrons. The molecule has 1 amide bonds. The number of halogens is 1. The fraction of sp³-hybridized carbons (Fsp3) is 0.143. The molecule has 0 unspecified atom stereocenters. The van der Waals surface area contributed by atoms with Gasteiger partial charge in [0.2, 0.25) is 5.91 Å². The summed E-state index contributed by atoms with van der Waals surface area (Å²) in [7, 11) is 1.62. The number of nitrogens with one attached hydrogen (secondary N) is 1. The average molecular weight is 385 g/mol. The lowest BCUT2D eigenvalue weighted by molar-refractivity contribution is -0.118. The number of rotatable bonds is 6. The topological polar surface area (TPSA) is 50.7 Å². The zero-order chi connectivity index (χ0) is 15.1. The molecule has 0 fully saturated rings. The summed E-state index contributed by atoms with van der Waals surface area (Å²) in [5.74, 6) is 0.982. The first-order valence-corrected chi connectivity index (χ1v) is 8.61. The molecule has 1 heterocycles. The summed E-state index contributed by atoms with van der Waals surface area (Å²) in [4.78, 5) is 13.6. The van der Waals surface area contributed by atoms with E-state index in [0.717, 1.165) is 19.3 Å². The summed E-state index contributed by atoms with van der Waals surface area (Å²) < 4.78 is 6.11. The lowest BCUT2D eigenvalue weighted by Gasteiger charge is -2.02. The predicted octanol–water partition coefficient (Wildman–Crippen LogP) is 3.76. The first-order chi connectivity index (χ1) is 10.2. The molecule has 2 aromatic rings. The fourth-order valence-corrected chi connectivity index (χ4v) is 3.41. The Balaban J connectivity index is 1.75. The molecule has 7 heteroatoms. The molecule has 21 heavy (non-hydrogen) atoms. The van der Waals surface area contributed by atoms with Crippen LogP contribution in [0.3, 0.4) is 0 Å². The van der Waals surface area contributed by atoms with E-state index in [1.807, 2.05) is 36.4 Å². The molecule has 0 saturated carbocycles. The molecule has 0 atom stereocenters. The molecule has 1 aromatic heterocycles. The van der Waals surface area contributed by atoms with Crippen molar-refractivity contribution in [1.29, 1.82) is 0 Å². The molecule has 0 aliphatic carbocycles. The van der Waals surface area contributed by atoms with Crippen molar-refractivity contribution in [3.05, 3.63) is 45.1 Å². The predicted molar refractivity (Wildman–Crippen MR) is 91.5 cm³/mol. The van der Waals surface area contributed by atoms with Gasteiger partial charge in [0.25, 0.3) is 0 Å². The number of benzene rings is 1. The molecular weight excluding hydrogens is 372 g/mol. The molecule has 0 saturated heterocycles. The maximum absolute atomic E-state index is 11.7. The second kappa shape index (κ2) is 8.21. The van der Waals surface area contributed by atoms with Crippen LogP contribution in [-0.4, -0.2) is 25.0 Å². The van der Waals surface area contributed by atoms with Crippen LogP contribution >= 0.6 is 39.0 Å². The molecule has 1 aromatic carbocycles. The third-order valence-electron chi connectivity index (χ3n) is 2.40. The molecule has 0 bridgehead atoms. The first kappa shape index (κ1) is 16.1. The molecule has 0 spiro atoms. The summed E-state index contributed by atoms with van der Waals surface area (Å²) in [6.07, 6.45) is 1.63. The number of hydrogen-bond acceptors (Lipinski definition) is 5. The van der Waals surface area contributed by atoms with E-state index >= 15 is 0 Å². The Hall–Kier alpha value is -1.31. The van der Waals surface area contributed by atoms with E-state index in [9.17, 15) is 4.79 Å². The van der Waals surface area contributed by atoms with Crippen molar-refractivity contribution in [2.24, 2.45) is 5.10 Å². The SMILES string of the molecule is COc1ccc(SCC(=O)N/N=C/c2ccc(Br)s2)cc1. The maximum Gasteiger partial charge on any atom is 0.250 e. The van der Waals surface area contributed by atoms with E-state index in [2.05, 4.69) is 26.5 Å². The van der Waals surface area contributed by atoms with Crippen molar-refractivity contribution < 1.29 is 9.53 Å². The van der Waals surface area contributed by atoms with Crippen LogP contribution in [0.15, 0.2) is 50.2 Å². The van der Waals surface area contributed by atoms with E-state index in [1.165, 1.54) is 11.8 Å². The van der Waals surface area contributed by atoms with Crippen molar-refractivity contribution in [2.45, 2.75) is 4.90 Å². The highest BCUT2D eigenvalue weighted by Gasteiger charge is 2.02. The van der Waals surface area contributed by atoms with Crippen LogP contribution in [0.5, 0.6) is 5.75 Å². The summed E-state index contributed by atoms with van der Waals surface area (Å²) in [6.45, 7) is 0. The van der Waals surface area contributed by atoms with Gasteiger partial charge in [0.1, 0.15) is 5.75 Å². The Morgan fingerprint density at radius 2 is 2.14 bits per heavy atom.